The van der Waals surface area contributed by atoms with E-state index in [2.05, 4.69) is 9.71 Å². The van der Waals surface area contributed by atoms with Crippen LogP contribution in [0.15, 0.2) is 41.4 Å². The number of aromatic nitrogens is 1. The van der Waals surface area contributed by atoms with Crippen LogP contribution in [0.5, 0.6) is 11.5 Å². The molecule has 112 valence electrons. The lowest BCUT2D eigenvalue weighted by molar-refractivity contribution is 0.354. The summed E-state index contributed by atoms with van der Waals surface area (Å²) in [7, 11) is -0.805. The SMILES string of the molecule is COc1ccc(S(=O)(=O)Nc2ncccc2C)cc1OC. The first-order valence-electron chi connectivity index (χ1n) is 6.14. The number of ether oxygens (including phenoxy) is 2. The molecule has 0 aliphatic rings. The molecule has 0 unspecified atom stereocenters. The Kier molecular flexibility index (Phi) is 4.32. The number of methoxy groups -OCH3 is 2. The van der Waals surface area contributed by atoms with Gasteiger partial charge in [-0.2, -0.15) is 0 Å². The van der Waals surface area contributed by atoms with Crippen LogP contribution in [-0.2, 0) is 10.0 Å². The number of hydrogen-bond acceptors (Lipinski definition) is 5. The van der Waals surface area contributed by atoms with E-state index in [1.54, 1.807) is 25.1 Å². The van der Waals surface area contributed by atoms with E-state index in [-0.39, 0.29) is 4.90 Å². The molecule has 0 atom stereocenters. The highest BCUT2D eigenvalue weighted by atomic mass is 32.2. The number of nitrogens with zero attached hydrogens (tertiary/aromatic N) is 1. The second kappa shape index (κ2) is 6.01. The Labute approximate surface area is 123 Å². The largest absolute Gasteiger partial charge is 0.493 e. The van der Waals surface area contributed by atoms with Crippen molar-refractivity contribution in [2.45, 2.75) is 11.8 Å². The molecule has 1 heterocycles. The summed E-state index contributed by atoms with van der Waals surface area (Å²) < 4.78 is 37.4. The third kappa shape index (κ3) is 3.25. The van der Waals surface area contributed by atoms with Crippen LogP contribution >= 0.6 is 0 Å². The lowest BCUT2D eigenvalue weighted by Gasteiger charge is -2.12. The molecule has 1 N–H and O–H groups in total. The fourth-order valence-corrected chi connectivity index (χ4v) is 2.86. The number of aryl methyl sites for hydroxylation is 1. The van der Waals surface area contributed by atoms with Crippen molar-refractivity contribution in [2.24, 2.45) is 0 Å². The number of benzene rings is 1. The highest BCUT2D eigenvalue weighted by molar-refractivity contribution is 7.92. The molecule has 1 aromatic heterocycles. The number of hydrogen-bond donors (Lipinski definition) is 1. The van der Waals surface area contributed by atoms with Gasteiger partial charge >= 0.3 is 0 Å². The molecule has 7 heteroatoms. The number of pyridine rings is 1. The number of nitrogens with one attached hydrogen (secondary N) is 1. The van der Waals surface area contributed by atoms with Crippen LogP contribution in [0.2, 0.25) is 0 Å². The minimum absolute atomic E-state index is 0.0743. The molecule has 0 radical (unpaired) electrons. The first-order chi connectivity index (χ1) is 9.97. The van der Waals surface area contributed by atoms with Gasteiger partial charge in [-0.1, -0.05) is 6.07 Å². The summed E-state index contributed by atoms with van der Waals surface area (Å²) in [5, 5.41) is 0. The predicted molar refractivity (Wildman–Crippen MR) is 79.3 cm³/mol. The van der Waals surface area contributed by atoms with Crippen LogP contribution < -0.4 is 14.2 Å². The van der Waals surface area contributed by atoms with Crippen LogP contribution in [0.25, 0.3) is 0 Å². The molecule has 0 saturated heterocycles. The molecule has 1 aromatic carbocycles. The maximum atomic E-state index is 12.4. The number of anilines is 1. The lowest BCUT2D eigenvalue weighted by atomic mass is 10.3. The van der Waals surface area contributed by atoms with Crippen molar-refractivity contribution in [1.29, 1.82) is 0 Å². The molecule has 0 aliphatic heterocycles. The molecule has 2 rings (SSSR count). The molecular weight excluding hydrogens is 292 g/mol. The molecular formula is C14H16N2O4S. The van der Waals surface area contributed by atoms with Crippen molar-refractivity contribution >= 4 is 15.8 Å². The van der Waals surface area contributed by atoms with Crippen LogP contribution in [0.1, 0.15) is 5.56 Å². The van der Waals surface area contributed by atoms with Gasteiger partial charge < -0.3 is 9.47 Å². The lowest BCUT2D eigenvalue weighted by Crippen LogP contribution is -2.15. The average molecular weight is 308 g/mol. The highest BCUT2D eigenvalue weighted by Gasteiger charge is 2.18. The molecule has 0 aliphatic carbocycles. The van der Waals surface area contributed by atoms with Crippen molar-refractivity contribution in [3.8, 4) is 11.5 Å². The quantitative estimate of drug-likeness (QED) is 0.916. The van der Waals surface area contributed by atoms with E-state index in [9.17, 15) is 8.42 Å². The van der Waals surface area contributed by atoms with Gasteiger partial charge in [-0.15, -0.1) is 0 Å². The number of rotatable bonds is 5. The summed E-state index contributed by atoms with van der Waals surface area (Å²) in [5.74, 6) is 1.11. The van der Waals surface area contributed by atoms with E-state index in [4.69, 9.17) is 9.47 Å². The van der Waals surface area contributed by atoms with E-state index in [1.807, 2.05) is 0 Å². The van der Waals surface area contributed by atoms with Crippen LogP contribution in [0.4, 0.5) is 5.82 Å². The van der Waals surface area contributed by atoms with Crippen molar-refractivity contribution in [3.63, 3.8) is 0 Å². The zero-order valence-electron chi connectivity index (χ0n) is 12.0. The van der Waals surface area contributed by atoms with Gasteiger partial charge in [0, 0.05) is 12.3 Å². The summed E-state index contributed by atoms with van der Waals surface area (Å²) in [4.78, 5) is 4.09. The molecule has 0 amide bonds. The second-order valence-corrected chi connectivity index (χ2v) is 5.97. The van der Waals surface area contributed by atoms with Crippen LogP contribution in [0, 0.1) is 6.92 Å². The Morgan fingerprint density at radius 1 is 1.10 bits per heavy atom. The van der Waals surface area contributed by atoms with Gasteiger partial charge in [0.2, 0.25) is 0 Å². The zero-order chi connectivity index (χ0) is 15.5. The predicted octanol–water partition coefficient (Wildman–Crippen LogP) is 2.21. The molecule has 21 heavy (non-hydrogen) atoms. The van der Waals surface area contributed by atoms with Gasteiger partial charge in [-0.3, -0.25) is 4.72 Å². The number of sulfonamides is 1. The average Bonchev–Trinajstić information content (AvgIpc) is 2.48. The highest BCUT2D eigenvalue weighted by Crippen LogP contribution is 2.30. The summed E-state index contributed by atoms with van der Waals surface area (Å²) >= 11 is 0. The van der Waals surface area contributed by atoms with E-state index in [0.29, 0.717) is 17.3 Å². The zero-order valence-corrected chi connectivity index (χ0v) is 12.8. The van der Waals surface area contributed by atoms with E-state index >= 15 is 0 Å². The maximum Gasteiger partial charge on any atom is 0.263 e. The fourth-order valence-electron chi connectivity index (χ4n) is 1.76. The third-order valence-corrected chi connectivity index (χ3v) is 4.24. The normalized spacial score (nSPS) is 11.0. The Hall–Kier alpha value is -2.28. The van der Waals surface area contributed by atoms with Crippen molar-refractivity contribution < 1.29 is 17.9 Å². The van der Waals surface area contributed by atoms with Crippen molar-refractivity contribution in [2.75, 3.05) is 18.9 Å². The minimum Gasteiger partial charge on any atom is -0.493 e. The smallest absolute Gasteiger partial charge is 0.263 e. The standard InChI is InChI=1S/C14H16N2O4S/c1-10-5-4-8-15-14(10)16-21(17,18)11-6-7-12(19-2)13(9-11)20-3/h4-9H,1-3H3,(H,15,16). The van der Waals surface area contributed by atoms with Crippen molar-refractivity contribution in [3.05, 3.63) is 42.1 Å². The third-order valence-electron chi connectivity index (χ3n) is 2.91. The van der Waals surface area contributed by atoms with Crippen LogP contribution in [-0.4, -0.2) is 27.6 Å². The van der Waals surface area contributed by atoms with Gasteiger partial charge in [0.25, 0.3) is 10.0 Å². The first kappa shape index (κ1) is 15.1. The van der Waals surface area contributed by atoms with Gasteiger partial charge in [-0.05, 0) is 30.7 Å². The first-order valence-corrected chi connectivity index (χ1v) is 7.62. The van der Waals surface area contributed by atoms with E-state index in [1.165, 1.54) is 32.5 Å². The van der Waals surface area contributed by atoms with Gasteiger partial charge in [0.05, 0.1) is 19.1 Å². The summed E-state index contributed by atoms with van der Waals surface area (Å²) in [5.41, 5.74) is 0.738. The van der Waals surface area contributed by atoms with Gasteiger partial charge in [0.1, 0.15) is 5.82 Å². The molecule has 0 spiro atoms. The molecule has 6 nitrogen and oxygen atoms in total. The van der Waals surface area contributed by atoms with Crippen LogP contribution in [0.3, 0.4) is 0 Å². The Bertz CT molecular complexity index is 744. The summed E-state index contributed by atoms with van der Waals surface area (Å²) in [6.07, 6.45) is 1.53. The topological polar surface area (TPSA) is 77.5 Å². The Balaban J connectivity index is 2.38. The molecule has 2 aromatic rings. The monoisotopic (exact) mass is 308 g/mol. The van der Waals surface area contributed by atoms with Crippen molar-refractivity contribution in [1.82, 2.24) is 4.98 Å². The van der Waals surface area contributed by atoms with E-state index in [0.717, 1.165) is 5.56 Å². The molecule has 0 saturated carbocycles. The minimum atomic E-state index is -3.74. The fraction of sp³-hybridized carbons (Fsp3) is 0.214. The van der Waals surface area contributed by atoms with Gasteiger partial charge in [0.15, 0.2) is 11.5 Å². The maximum absolute atomic E-state index is 12.4. The molecule has 0 fully saturated rings. The Morgan fingerprint density at radius 2 is 1.81 bits per heavy atom. The summed E-state index contributed by atoms with van der Waals surface area (Å²) in [6.45, 7) is 1.78. The van der Waals surface area contributed by atoms with E-state index < -0.39 is 10.0 Å². The Morgan fingerprint density at radius 3 is 2.43 bits per heavy atom. The summed E-state index contributed by atoms with van der Waals surface area (Å²) in [6, 6.07) is 7.91. The molecule has 0 bridgehead atoms. The second-order valence-electron chi connectivity index (χ2n) is 4.29. The van der Waals surface area contributed by atoms with Gasteiger partial charge in [-0.25, -0.2) is 13.4 Å².